The molecule has 0 saturated heterocycles. The van der Waals surface area contributed by atoms with E-state index in [0.29, 0.717) is 42.8 Å². The molecule has 0 saturated carbocycles. The highest BCUT2D eigenvalue weighted by Crippen LogP contribution is 2.31. The molecule has 1 aliphatic heterocycles. The van der Waals surface area contributed by atoms with Crippen molar-refractivity contribution in [3.8, 4) is 5.75 Å². The van der Waals surface area contributed by atoms with E-state index in [1.165, 1.54) is 23.0 Å². The van der Waals surface area contributed by atoms with E-state index in [1.54, 1.807) is 31.2 Å². The second-order valence-corrected chi connectivity index (χ2v) is 9.86. The maximum Gasteiger partial charge on any atom is 0.338 e. The molecule has 2 aromatic carbocycles. The minimum atomic E-state index is -0.689. The Morgan fingerprint density at radius 3 is 2.60 bits per heavy atom. The van der Waals surface area contributed by atoms with Gasteiger partial charge in [-0.2, -0.15) is 0 Å². The largest absolute Gasteiger partial charge is 0.494 e. The van der Waals surface area contributed by atoms with E-state index in [9.17, 15) is 9.59 Å². The van der Waals surface area contributed by atoms with Gasteiger partial charge in [-0.1, -0.05) is 66.1 Å². The van der Waals surface area contributed by atoms with Gasteiger partial charge in [-0.25, -0.2) is 9.79 Å². The van der Waals surface area contributed by atoms with Gasteiger partial charge in [-0.05, 0) is 54.8 Å². The first-order valence-corrected chi connectivity index (χ1v) is 12.7. The normalized spacial score (nSPS) is 15.6. The maximum atomic E-state index is 13.6. The van der Waals surface area contributed by atoms with Crippen LogP contribution in [0.2, 0.25) is 10.0 Å². The van der Waals surface area contributed by atoms with Gasteiger partial charge in [-0.3, -0.25) is 9.36 Å². The van der Waals surface area contributed by atoms with Crippen molar-refractivity contribution in [1.82, 2.24) is 4.57 Å². The van der Waals surface area contributed by atoms with Crippen LogP contribution in [0.5, 0.6) is 5.75 Å². The van der Waals surface area contributed by atoms with Crippen molar-refractivity contribution in [2.45, 2.75) is 32.7 Å². The Balaban J connectivity index is 1.85. The lowest BCUT2D eigenvalue weighted by molar-refractivity contribution is -0.136. The monoisotopic (exact) mass is 530 g/mol. The van der Waals surface area contributed by atoms with Crippen LogP contribution in [0.25, 0.3) is 6.08 Å². The summed E-state index contributed by atoms with van der Waals surface area (Å²) in [6, 6.07) is 11.8. The average molecular weight is 531 g/mol. The fourth-order valence-corrected chi connectivity index (χ4v) is 5.35. The summed E-state index contributed by atoms with van der Waals surface area (Å²) in [6.45, 7) is 4.48. The van der Waals surface area contributed by atoms with Crippen molar-refractivity contribution >= 4 is 46.6 Å². The topological polar surface area (TPSA) is 69.9 Å². The molecule has 0 amide bonds. The second kappa shape index (κ2) is 10.8. The van der Waals surface area contributed by atoms with Gasteiger partial charge in [0, 0.05) is 10.0 Å². The summed E-state index contributed by atoms with van der Waals surface area (Å²) in [5, 5.41) is 0.944. The number of allylic oxidation sites excluding steroid dienone is 1. The highest BCUT2D eigenvalue weighted by atomic mass is 35.5. The third-order valence-corrected chi connectivity index (χ3v) is 7.18. The van der Waals surface area contributed by atoms with E-state index < -0.39 is 12.0 Å². The van der Waals surface area contributed by atoms with Crippen LogP contribution < -0.4 is 19.6 Å². The Kier molecular flexibility index (Phi) is 7.79. The lowest BCUT2D eigenvalue weighted by Gasteiger charge is -2.24. The summed E-state index contributed by atoms with van der Waals surface area (Å²) >= 11 is 13.6. The summed E-state index contributed by atoms with van der Waals surface area (Å²) in [4.78, 5) is 31.4. The van der Waals surface area contributed by atoms with Crippen molar-refractivity contribution in [1.29, 1.82) is 0 Å². The molecule has 1 unspecified atom stereocenters. The highest BCUT2D eigenvalue weighted by Gasteiger charge is 2.33. The van der Waals surface area contributed by atoms with Crippen molar-refractivity contribution in [2.75, 3.05) is 13.7 Å². The predicted molar refractivity (Wildman–Crippen MR) is 139 cm³/mol. The average Bonchev–Trinajstić information content (AvgIpc) is 3.14. The number of rotatable bonds is 7. The number of esters is 1. The number of halogens is 2. The number of ether oxygens (including phenoxy) is 2. The molecular formula is C26H24Cl2N2O4S. The molecule has 6 nitrogen and oxygen atoms in total. The Morgan fingerprint density at radius 2 is 1.94 bits per heavy atom. The molecule has 0 aliphatic carbocycles. The molecule has 0 N–H and O–H groups in total. The second-order valence-electron chi connectivity index (χ2n) is 8.01. The van der Waals surface area contributed by atoms with Gasteiger partial charge >= 0.3 is 5.97 Å². The fourth-order valence-electron chi connectivity index (χ4n) is 3.85. The zero-order chi connectivity index (χ0) is 25.1. The molecule has 0 radical (unpaired) electrons. The maximum absolute atomic E-state index is 13.6. The van der Waals surface area contributed by atoms with Crippen LogP contribution in [-0.2, 0) is 9.53 Å². The summed E-state index contributed by atoms with van der Waals surface area (Å²) in [6.07, 6.45) is 3.72. The van der Waals surface area contributed by atoms with Crippen molar-refractivity contribution < 1.29 is 14.3 Å². The van der Waals surface area contributed by atoms with E-state index in [-0.39, 0.29) is 5.56 Å². The molecular weight excluding hydrogens is 507 g/mol. The van der Waals surface area contributed by atoms with Gasteiger partial charge < -0.3 is 9.47 Å². The van der Waals surface area contributed by atoms with Crippen LogP contribution in [0.15, 0.2) is 63.5 Å². The molecule has 0 bridgehead atoms. The van der Waals surface area contributed by atoms with Gasteiger partial charge in [-0.15, -0.1) is 0 Å². The molecule has 1 aromatic heterocycles. The van der Waals surface area contributed by atoms with Crippen molar-refractivity contribution in [2.24, 2.45) is 4.99 Å². The first-order valence-electron chi connectivity index (χ1n) is 11.1. The number of unbranched alkanes of at least 4 members (excludes halogenated alkanes) is 1. The van der Waals surface area contributed by atoms with Crippen molar-refractivity contribution in [3.05, 3.63) is 94.6 Å². The first-order chi connectivity index (χ1) is 16.8. The molecule has 4 rings (SSSR count). The number of hydrogen-bond acceptors (Lipinski definition) is 6. The third-order valence-electron chi connectivity index (χ3n) is 5.64. The van der Waals surface area contributed by atoms with E-state index in [1.807, 2.05) is 24.3 Å². The molecule has 2 heterocycles. The Labute approximate surface area is 216 Å². The molecule has 1 atom stereocenters. The zero-order valence-electron chi connectivity index (χ0n) is 19.5. The Bertz CT molecular complexity index is 1470. The molecule has 35 heavy (non-hydrogen) atoms. The number of hydrogen-bond donors (Lipinski definition) is 0. The summed E-state index contributed by atoms with van der Waals surface area (Å²) in [5.74, 6) is 0.196. The van der Waals surface area contributed by atoms with Gasteiger partial charge in [0.15, 0.2) is 4.80 Å². The molecule has 9 heteroatoms. The van der Waals surface area contributed by atoms with Crippen LogP contribution in [0.1, 0.15) is 43.9 Å². The number of nitrogens with zero attached hydrogens (tertiary/aromatic N) is 2. The van der Waals surface area contributed by atoms with E-state index in [2.05, 4.69) is 11.9 Å². The lowest BCUT2D eigenvalue weighted by atomic mass is 9.96. The van der Waals surface area contributed by atoms with E-state index >= 15 is 0 Å². The zero-order valence-corrected chi connectivity index (χ0v) is 21.8. The number of benzene rings is 2. The molecule has 0 spiro atoms. The number of thiazole rings is 1. The van der Waals surface area contributed by atoms with Crippen LogP contribution >= 0.6 is 34.5 Å². The number of methoxy groups -OCH3 is 1. The quantitative estimate of drug-likeness (QED) is 0.322. The molecule has 0 fully saturated rings. The summed E-state index contributed by atoms with van der Waals surface area (Å²) < 4.78 is 12.8. The fraction of sp³-hybridized carbons (Fsp3) is 0.269. The Hall–Kier alpha value is -2.87. The summed E-state index contributed by atoms with van der Waals surface area (Å²) in [7, 11) is 1.32. The lowest BCUT2D eigenvalue weighted by Crippen LogP contribution is -2.39. The van der Waals surface area contributed by atoms with Crippen LogP contribution in [0.4, 0.5) is 0 Å². The third kappa shape index (κ3) is 5.22. The highest BCUT2D eigenvalue weighted by molar-refractivity contribution is 7.07. The van der Waals surface area contributed by atoms with Gasteiger partial charge in [0.05, 0.1) is 35.6 Å². The minimum Gasteiger partial charge on any atom is -0.494 e. The van der Waals surface area contributed by atoms with Gasteiger partial charge in [0.1, 0.15) is 5.75 Å². The number of aromatic nitrogens is 1. The molecule has 182 valence electrons. The Morgan fingerprint density at radius 1 is 1.20 bits per heavy atom. The van der Waals surface area contributed by atoms with Gasteiger partial charge in [0.2, 0.25) is 0 Å². The van der Waals surface area contributed by atoms with Gasteiger partial charge in [0.25, 0.3) is 5.56 Å². The van der Waals surface area contributed by atoms with Crippen LogP contribution in [0, 0.1) is 0 Å². The number of carbonyl (C=O) groups excluding carboxylic acids is 1. The summed E-state index contributed by atoms with van der Waals surface area (Å²) in [5.41, 5.74) is 1.95. The predicted octanol–water partition coefficient (Wildman–Crippen LogP) is 4.89. The molecule has 1 aliphatic rings. The standard InChI is InChI=1S/C26H24Cl2N2O4S/c1-4-5-12-34-19-10-7-16(8-11-19)23-22(25(32)33-3)15(2)29-26-30(23)24(31)21(35-26)13-17-6-9-18(27)14-20(17)28/h6-11,13-14,23H,4-5,12H2,1-3H3. The minimum absolute atomic E-state index is 0.276. The smallest absolute Gasteiger partial charge is 0.338 e. The van der Waals surface area contributed by atoms with Crippen LogP contribution in [0.3, 0.4) is 0 Å². The van der Waals surface area contributed by atoms with E-state index in [0.717, 1.165) is 24.2 Å². The SMILES string of the molecule is CCCCOc1ccc(C2C(C(=O)OC)=C(C)N=c3sc(=Cc4ccc(Cl)cc4Cl)c(=O)n32)cc1. The van der Waals surface area contributed by atoms with Crippen molar-refractivity contribution in [3.63, 3.8) is 0 Å². The number of carbonyl (C=O) groups is 1. The van der Waals surface area contributed by atoms with Crippen LogP contribution in [-0.4, -0.2) is 24.3 Å². The first kappa shape index (κ1) is 25.2. The number of fused-ring (bicyclic) bond motifs is 1. The molecule has 3 aromatic rings. The van der Waals surface area contributed by atoms with E-state index in [4.69, 9.17) is 32.7 Å².